The van der Waals surface area contributed by atoms with E-state index >= 15 is 0 Å². The van der Waals surface area contributed by atoms with E-state index < -0.39 is 5.97 Å². The number of nitrogens with zero attached hydrogens (tertiary/aromatic N) is 1. The lowest BCUT2D eigenvalue weighted by Crippen LogP contribution is -2.36. The van der Waals surface area contributed by atoms with Gasteiger partial charge in [0, 0.05) is 25.1 Å². The molecule has 1 aromatic heterocycles. The molecule has 0 bridgehead atoms. The maximum Gasteiger partial charge on any atom is 0.346 e. The normalized spacial score (nSPS) is 13.5. The first-order valence-corrected chi connectivity index (χ1v) is 11.3. The van der Waals surface area contributed by atoms with Gasteiger partial charge in [-0.3, -0.25) is 0 Å². The lowest BCUT2D eigenvalue weighted by molar-refractivity contribution is 0.0701. The topological polar surface area (TPSA) is 49.8 Å². The highest BCUT2D eigenvalue weighted by Gasteiger charge is 2.26. The predicted molar refractivity (Wildman–Crippen MR) is 126 cm³/mol. The standard InChI is InChI=1S/C24H19Cl2NO3S/c25-20-9-7-17(15-21(20)26)14-19-18(8-6-16-4-2-1-3-5-16)23(31-22(19)24(28)29)27-10-12-30-13-11-27/h1-5,7,9,15H,10-14H2,(H,28,29). The molecule has 1 saturated heterocycles. The molecule has 1 N–H and O–H groups in total. The summed E-state index contributed by atoms with van der Waals surface area (Å²) in [6.07, 6.45) is 0.401. The third kappa shape index (κ3) is 5.06. The van der Waals surface area contributed by atoms with Gasteiger partial charge in [0.2, 0.25) is 0 Å². The minimum Gasteiger partial charge on any atom is -0.477 e. The lowest BCUT2D eigenvalue weighted by Gasteiger charge is -2.28. The van der Waals surface area contributed by atoms with Gasteiger partial charge in [0.1, 0.15) is 9.88 Å². The second-order valence-corrected chi connectivity index (χ2v) is 8.85. The third-order valence-electron chi connectivity index (χ3n) is 4.95. The molecule has 7 heteroatoms. The molecule has 1 fully saturated rings. The number of ether oxygens (including phenoxy) is 1. The number of hydrogen-bond acceptors (Lipinski definition) is 4. The molecule has 158 valence electrons. The van der Waals surface area contributed by atoms with Crippen LogP contribution in [0.2, 0.25) is 10.0 Å². The molecular weight excluding hydrogens is 453 g/mol. The summed E-state index contributed by atoms with van der Waals surface area (Å²) in [5, 5.41) is 11.7. The molecule has 0 amide bonds. The van der Waals surface area contributed by atoms with Crippen molar-refractivity contribution >= 4 is 45.5 Å². The highest BCUT2D eigenvalue weighted by atomic mass is 35.5. The quantitative estimate of drug-likeness (QED) is 0.504. The van der Waals surface area contributed by atoms with Gasteiger partial charge in [-0.05, 0) is 35.4 Å². The zero-order valence-corrected chi connectivity index (χ0v) is 18.9. The zero-order chi connectivity index (χ0) is 21.8. The highest BCUT2D eigenvalue weighted by molar-refractivity contribution is 7.18. The number of carbonyl (C=O) groups is 1. The molecule has 0 saturated carbocycles. The molecule has 0 unspecified atom stereocenters. The molecule has 0 atom stereocenters. The van der Waals surface area contributed by atoms with Crippen molar-refractivity contribution in [1.82, 2.24) is 0 Å². The highest BCUT2D eigenvalue weighted by Crippen LogP contribution is 2.38. The number of aromatic carboxylic acids is 1. The number of rotatable bonds is 4. The zero-order valence-electron chi connectivity index (χ0n) is 16.5. The van der Waals surface area contributed by atoms with E-state index in [0.29, 0.717) is 53.2 Å². The molecule has 1 aliphatic rings. The van der Waals surface area contributed by atoms with Crippen LogP contribution in [0.5, 0.6) is 0 Å². The van der Waals surface area contributed by atoms with Gasteiger partial charge < -0.3 is 14.7 Å². The average Bonchev–Trinajstić information content (AvgIpc) is 3.14. The van der Waals surface area contributed by atoms with Crippen LogP contribution in [0, 0.1) is 11.8 Å². The van der Waals surface area contributed by atoms with Crippen LogP contribution in [0.3, 0.4) is 0 Å². The first kappa shape index (κ1) is 21.7. The Morgan fingerprint density at radius 1 is 1.06 bits per heavy atom. The van der Waals surface area contributed by atoms with Crippen molar-refractivity contribution in [2.75, 3.05) is 31.2 Å². The van der Waals surface area contributed by atoms with Crippen molar-refractivity contribution in [2.24, 2.45) is 0 Å². The van der Waals surface area contributed by atoms with Crippen LogP contribution in [-0.4, -0.2) is 37.4 Å². The van der Waals surface area contributed by atoms with Gasteiger partial charge in [-0.25, -0.2) is 4.79 Å². The molecule has 2 aromatic carbocycles. The second-order valence-electron chi connectivity index (χ2n) is 7.04. The van der Waals surface area contributed by atoms with E-state index in [1.54, 1.807) is 12.1 Å². The Hall–Kier alpha value is -2.49. The molecule has 4 nitrogen and oxygen atoms in total. The van der Waals surface area contributed by atoms with Crippen molar-refractivity contribution < 1.29 is 14.6 Å². The number of hydrogen-bond donors (Lipinski definition) is 1. The molecule has 0 spiro atoms. The van der Waals surface area contributed by atoms with Crippen molar-refractivity contribution in [1.29, 1.82) is 0 Å². The van der Waals surface area contributed by atoms with Gasteiger partial charge in [-0.15, -0.1) is 11.3 Å². The number of carboxylic acids is 1. The Bertz CT molecular complexity index is 1160. The Kier molecular flexibility index (Phi) is 6.84. The minimum atomic E-state index is -0.956. The van der Waals surface area contributed by atoms with E-state index in [1.165, 1.54) is 11.3 Å². The second kappa shape index (κ2) is 9.76. The smallest absolute Gasteiger partial charge is 0.346 e. The molecule has 4 rings (SSSR count). The fraction of sp³-hybridized carbons (Fsp3) is 0.208. The van der Waals surface area contributed by atoms with Crippen LogP contribution < -0.4 is 4.90 Å². The summed E-state index contributed by atoms with van der Waals surface area (Å²) in [5.41, 5.74) is 3.20. The summed E-state index contributed by atoms with van der Waals surface area (Å²) in [7, 11) is 0. The molecule has 0 aliphatic carbocycles. The maximum atomic E-state index is 12.1. The van der Waals surface area contributed by atoms with Gasteiger partial charge in [0.05, 0.1) is 28.8 Å². The van der Waals surface area contributed by atoms with Crippen molar-refractivity contribution in [3.05, 3.63) is 85.7 Å². The number of carboxylic acid groups (broad SMARTS) is 1. The summed E-state index contributed by atoms with van der Waals surface area (Å²) in [4.78, 5) is 14.6. The van der Waals surface area contributed by atoms with Gasteiger partial charge in [0.25, 0.3) is 0 Å². The number of morpholine rings is 1. The molecule has 3 aromatic rings. The van der Waals surface area contributed by atoms with Crippen LogP contribution in [0.25, 0.3) is 0 Å². The Morgan fingerprint density at radius 2 is 1.81 bits per heavy atom. The number of thiophene rings is 1. The fourth-order valence-electron chi connectivity index (χ4n) is 3.42. The van der Waals surface area contributed by atoms with Crippen molar-refractivity contribution in [2.45, 2.75) is 6.42 Å². The van der Waals surface area contributed by atoms with Crippen molar-refractivity contribution in [3.8, 4) is 11.8 Å². The van der Waals surface area contributed by atoms with Crippen molar-refractivity contribution in [3.63, 3.8) is 0 Å². The molecule has 31 heavy (non-hydrogen) atoms. The SMILES string of the molecule is O=C(O)c1sc(N2CCOCC2)c(C#Cc2ccccc2)c1Cc1ccc(Cl)c(Cl)c1. The molecule has 0 radical (unpaired) electrons. The van der Waals surface area contributed by atoms with E-state index in [-0.39, 0.29) is 0 Å². The number of anilines is 1. The average molecular weight is 472 g/mol. The van der Waals surface area contributed by atoms with Gasteiger partial charge in [-0.2, -0.15) is 0 Å². The summed E-state index contributed by atoms with van der Waals surface area (Å²) in [6.45, 7) is 2.61. The maximum absolute atomic E-state index is 12.1. The Morgan fingerprint density at radius 3 is 2.48 bits per heavy atom. The molecular formula is C24H19Cl2NO3S. The summed E-state index contributed by atoms with van der Waals surface area (Å²) in [6, 6.07) is 15.0. The van der Waals surface area contributed by atoms with E-state index in [1.807, 2.05) is 36.4 Å². The van der Waals surface area contributed by atoms with Gasteiger partial charge in [-0.1, -0.05) is 59.3 Å². The van der Waals surface area contributed by atoms with E-state index in [0.717, 1.165) is 21.7 Å². The Balaban J connectivity index is 1.83. The van der Waals surface area contributed by atoms with E-state index in [4.69, 9.17) is 27.9 Å². The Labute approximate surface area is 195 Å². The van der Waals surface area contributed by atoms with Crippen LogP contribution in [0.1, 0.15) is 31.9 Å². The summed E-state index contributed by atoms with van der Waals surface area (Å²) in [5.74, 6) is 5.51. The first-order chi connectivity index (χ1) is 15.0. The summed E-state index contributed by atoms with van der Waals surface area (Å²) < 4.78 is 5.48. The fourth-order valence-corrected chi connectivity index (χ4v) is 4.91. The largest absolute Gasteiger partial charge is 0.477 e. The van der Waals surface area contributed by atoms with Crippen LogP contribution in [0.4, 0.5) is 5.00 Å². The molecule has 2 heterocycles. The van der Waals surface area contributed by atoms with E-state index in [2.05, 4.69) is 16.7 Å². The predicted octanol–water partition coefficient (Wildman–Crippen LogP) is 5.58. The number of halogens is 2. The van der Waals surface area contributed by atoms with Gasteiger partial charge >= 0.3 is 5.97 Å². The summed E-state index contributed by atoms with van der Waals surface area (Å²) >= 11 is 13.5. The first-order valence-electron chi connectivity index (χ1n) is 9.75. The minimum absolute atomic E-state index is 0.296. The van der Waals surface area contributed by atoms with Crippen LogP contribution >= 0.6 is 34.5 Å². The lowest BCUT2D eigenvalue weighted by atomic mass is 10.0. The van der Waals surface area contributed by atoms with Gasteiger partial charge in [0.15, 0.2) is 0 Å². The van der Waals surface area contributed by atoms with E-state index in [9.17, 15) is 9.90 Å². The van der Waals surface area contributed by atoms with Crippen LogP contribution in [-0.2, 0) is 11.2 Å². The number of benzene rings is 2. The van der Waals surface area contributed by atoms with Crippen LogP contribution in [0.15, 0.2) is 48.5 Å². The molecule has 1 aliphatic heterocycles. The monoisotopic (exact) mass is 471 g/mol. The third-order valence-corrected chi connectivity index (χ3v) is 6.97.